The molecule has 0 radical (unpaired) electrons. The fraction of sp³-hybridized carbons (Fsp3) is 0.190. The number of rotatable bonds is 3. The minimum atomic E-state index is -0.557. The van der Waals surface area contributed by atoms with Crippen molar-refractivity contribution in [3.63, 3.8) is 0 Å². The normalized spacial score (nSPS) is 16.6. The number of Topliss-reactive ketones (excluding diaryl/α,β-unsaturated/α-hetero) is 1. The maximum Gasteiger partial charge on any atom is 0.272 e. The number of hydrogen-bond donors (Lipinski definition) is 1. The van der Waals surface area contributed by atoms with Gasteiger partial charge in [-0.15, -0.1) is 0 Å². The van der Waals surface area contributed by atoms with Crippen LogP contribution >= 0.6 is 0 Å². The lowest BCUT2D eigenvalue weighted by molar-refractivity contribution is 0.0953. The van der Waals surface area contributed by atoms with E-state index < -0.39 is 11.3 Å². The summed E-state index contributed by atoms with van der Waals surface area (Å²) in [6.45, 7) is 3.87. The number of carbonyl (C=O) groups is 2. The number of nitrogens with one attached hydrogen (secondary N) is 1. The lowest BCUT2D eigenvalue weighted by atomic mass is 9.74. The zero-order chi connectivity index (χ0) is 19.7. The van der Waals surface area contributed by atoms with Gasteiger partial charge in [-0.1, -0.05) is 32.0 Å². The SMILES string of the molecule is CC1(C)Cc2c(cnn2-c2ccccc2)C(=O)/C1=N/NC(=O)c1cccnc1. The first kappa shape index (κ1) is 17.8. The van der Waals surface area contributed by atoms with Crippen LogP contribution in [0.4, 0.5) is 0 Å². The fourth-order valence-electron chi connectivity index (χ4n) is 3.33. The van der Waals surface area contributed by atoms with Gasteiger partial charge in [-0.05, 0) is 24.3 Å². The highest BCUT2D eigenvalue weighted by Crippen LogP contribution is 2.34. The number of fused-ring (bicyclic) bond motifs is 1. The van der Waals surface area contributed by atoms with Crippen molar-refractivity contribution in [2.24, 2.45) is 10.5 Å². The van der Waals surface area contributed by atoms with Gasteiger partial charge in [0.1, 0.15) is 5.71 Å². The molecule has 1 aromatic carbocycles. The molecule has 0 bridgehead atoms. The number of carbonyl (C=O) groups excluding carboxylic acids is 2. The molecule has 0 fully saturated rings. The van der Waals surface area contributed by atoms with E-state index in [9.17, 15) is 9.59 Å². The Labute approximate surface area is 162 Å². The predicted octanol–water partition coefficient (Wildman–Crippen LogP) is 2.82. The van der Waals surface area contributed by atoms with Crippen molar-refractivity contribution in [1.82, 2.24) is 20.2 Å². The second-order valence-electron chi connectivity index (χ2n) is 7.29. The standard InChI is InChI=1S/C21H19N5O2/c1-21(2)11-17-16(13-23-26(17)15-8-4-3-5-9-15)18(27)19(21)24-25-20(28)14-7-6-10-22-12-14/h3-10,12-13H,11H2,1-2H3,(H,25,28)/b24-19-. The minimum absolute atomic E-state index is 0.222. The number of benzene rings is 1. The number of ketones is 1. The number of amides is 1. The third-order valence-corrected chi connectivity index (χ3v) is 4.77. The van der Waals surface area contributed by atoms with Crippen molar-refractivity contribution in [3.8, 4) is 5.69 Å². The quantitative estimate of drug-likeness (QED) is 0.715. The molecule has 1 aliphatic carbocycles. The summed E-state index contributed by atoms with van der Waals surface area (Å²) in [5.41, 5.74) is 4.88. The molecule has 1 aliphatic rings. The van der Waals surface area contributed by atoms with Gasteiger partial charge in [-0.25, -0.2) is 10.1 Å². The lowest BCUT2D eigenvalue weighted by Gasteiger charge is -2.30. The van der Waals surface area contributed by atoms with E-state index in [1.54, 1.807) is 29.2 Å². The van der Waals surface area contributed by atoms with E-state index in [4.69, 9.17) is 0 Å². The maximum atomic E-state index is 13.1. The Balaban J connectivity index is 1.66. The summed E-state index contributed by atoms with van der Waals surface area (Å²) < 4.78 is 1.79. The molecule has 0 saturated carbocycles. The third-order valence-electron chi connectivity index (χ3n) is 4.77. The number of hydrazone groups is 1. The molecular formula is C21H19N5O2. The van der Waals surface area contributed by atoms with Crippen LogP contribution in [0.2, 0.25) is 0 Å². The minimum Gasteiger partial charge on any atom is -0.287 e. The Morgan fingerprint density at radius 3 is 2.64 bits per heavy atom. The van der Waals surface area contributed by atoms with Crippen LogP contribution in [0, 0.1) is 5.41 Å². The highest BCUT2D eigenvalue weighted by molar-refractivity contribution is 6.48. The average Bonchev–Trinajstić information content (AvgIpc) is 3.11. The summed E-state index contributed by atoms with van der Waals surface area (Å²) in [4.78, 5) is 29.3. The molecule has 0 spiro atoms. The first-order chi connectivity index (χ1) is 13.5. The summed E-state index contributed by atoms with van der Waals surface area (Å²) in [6.07, 6.45) is 5.18. The Kier molecular flexibility index (Phi) is 4.35. The van der Waals surface area contributed by atoms with Crippen LogP contribution in [-0.2, 0) is 6.42 Å². The molecule has 0 unspecified atom stereocenters. The molecule has 2 aromatic heterocycles. The van der Waals surface area contributed by atoms with Gasteiger partial charge in [0.15, 0.2) is 0 Å². The van der Waals surface area contributed by atoms with Crippen molar-refractivity contribution >= 4 is 17.4 Å². The van der Waals surface area contributed by atoms with E-state index in [1.807, 2.05) is 44.2 Å². The van der Waals surface area contributed by atoms with Gasteiger partial charge in [0.25, 0.3) is 5.91 Å². The molecule has 0 saturated heterocycles. The number of aromatic nitrogens is 3. The Morgan fingerprint density at radius 2 is 1.93 bits per heavy atom. The Bertz CT molecular complexity index is 1070. The van der Waals surface area contributed by atoms with Gasteiger partial charge in [0.05, 0.1) is 28.7 Å². The molecule has 140 valence electrons. The van der Waals surface area contributed by atoms with E-state index in [1.165, 1.54) is 6.20 Å². The average molecular weight is 373 g/mol. The van der Waals surface area contributed by atoms with Crippen LogP contribution in [0.15, 0.2) is 66.2 Å². The first-order valence-electron chi connectivity index (χ1n) is 8.93. The van der Waals surface area contributed by atoms with Crippen LogP contribution in [0.5, 0.6) is 0 Å². The van der Waals surface area contributed by atoms with Crippen molar-refractivity contribution in [1.29, 1.82) is 0 Å². The molecule has 0 aliphatic heterocycles. The summed E-state index contributed by atoms with van der Waals surface area (Å²) in [5, 5.41) is 8.58. The van der Waals surface area contributed by atoms with Crippen molar-refractivity contribution < 1.29 is 9.59 Å². The van der Waals surface area contributed by atoms with E-state index in [0.717, 1.165) is 11.4 Å². The molecule has 7 heteroatoms. The van der Waals surface area contributed by atoms with Gasteiger partial charge < -0.3 is 0 Å². The summed E-state index contributed by atoms with van der Waals surface area (Å²) in [5.74, 6) is -0.630. The Morgan fingerprint density at radius 1 is 1.14 bits per heavy atom. The maximum absolute atomic E-state index is 13.1. The smallest absolute Gasteiger partial charge is 0.272 e. The number of para-hydroxylation sites is 1. The molecule has 1 N–H and O–H groups in total. The number of hydrogen-bond acceptors (Lipinski definition) is 5. The van der Waals surface area contributed by atoms with Crippen LogP contribution < -0.4 is 5.43 Å². The zero-order valence-electron chi connectivity index (χ0n) is 15.6. The molecule has 2 heterocycles. The predicted molar refractivity (Wildman–Crippen MR) is 105 cm³/mol. The van der Waals surface area contributed by atoms with Crippen molar-refractivity contribution in [2.75, 3.05) is 0 Å². The molecule has 7 nitrogen and oxygen atoms in total. The van der Waals surface area contributed by atoms with Crippen molar-refractivity contribution in [2.45, 2.75) is 20.3 Å². The monoisotopic (exact) mass is 373 g/mol. The summed E-state index contributed by atoms with van der Waals surface area (Å²) >= 11 is 0. The van der Waals surface area contributed by atoms with Crippen molar-refractivity contribution in [3.05, 3.63) is 77.9 Å². The molecule has 3 aromatic rings. The molecule has 1 amide bonds. The van der Waals surface area contributed by atoms with Crippen LogP contribution in [0.3, 0.4) is 0 Å². The van der Waals surface area contributed by atoms with Gasteiger partial charge in [0.2, 0.25) is 5.78 Å². The first-order valence-corrected chi connectivity index (χ1v) is 8.93. The summed E-state index contributed by atoms with van der Waals surface area (Å²) in [7, 11) is 0. The largest absolute Gasteiger partial charge is 0.287 e. The second kappa shape index (κ2) is 6.84. The lowest BCUT2D eigenvalue weighted by Crippen LogP contribution is -2.40. The zero-order valence-corrected chi connectivity index (χ0v) is 15.6. The van der Waals surface area contributed by atoms with E-state index >= 15 is 0 Å². The second-order valence-corrected chi connectivity index (χ2v) is 7.29. The van der Waals surface area contributed by atoms with Gasteiger partial charge in [-0.2, -0.15) is 10.2 Å². The Hall–Kier alpha value is -3.61. The van der Waals surface area contributed by atoms with Crippen LogP contribution in [0.25, 0.3) is 5.69 Å². The third kappa shape index (κ3) is 3.11. The number of nitrogens with zero attached hydrogens (tertiary/aromatic N) is 4. The highest BCUT2D eigenvalue weighted by atomic mass is 16.2. The molecule has 4 rings (SSSR count). The molecule has 0 atom stereocenters. The fourth-order valence-corrected chi connectivity index (χ4v) is 3.33. The molecular weight excluding hydrogens is 354 g/mol. The van der Waals surface area contributed by atoms with Gasteiger partial charge >= 0.3 is 0 Å². The van der Waals surface area contributed by atoms with E-state index in [-0.39, 0.29) is 5.78 Å². The number of pyridine rings is 1. The highest BCUT2D eigenvalue weighted by Gasteiger charge is 2.40. The molecule has 28 heavy (non-hydrogen) atoms. The van der Waals surface area contributed by atoms with Gasteiger partial charge in [-0.3, -0.25) is 14.6 Å². The van der Waals surface area contributed by atoms with Crippen LogP contribution in [-0.4, -0.2) is 32.2 Å². The topological polar surface area (TPSA) is 89.2 Å². The van der Waals surface area contributed by atoms with E-state index in [2.05, 4.69) is 20.6 Å². The van der Waals surface area contributed by atoms with Gasteiger partial charge in [0, 0.05) is 24.2 Å². The van der Waals surface area contributed by atoms with E-state index in [0.29, 0.717) is 23.3 Å². The summed E-state index contributed by atoms with van der Waals surface area (Å²) in [6, 6.07) is 13.0. The van der Waals surface area contributed by atoms with Crippen LogP contribution in [0.1, 0.15) is 40.3 Å².